The van der Waals surface area contributed by atoms with E-state index in [1.165, 1.54) is 0 Å². The molecule has 0 atom stereocenters. The Balaban J connectivity index is 2.29. The van der Waals surface area contributed by atoms with Gasteiger partial charge in [0.15, 0.2) is 5.82 Å². The van der Waals surface area contributed by atoms with E-state index in [0.717, 1.165) is 12.1 Å². The van der Waals surface area contributed by atoms with Crippen LogP contribution in [0.15, 0.2) is 22.7 Å². The minimum atomic E-state index is -0.740. The first-order chi connectivity index (χ1) is 9.86. The van der Waals surface area contributed by atoms with Gasteiger partial charge >= 0.3 is 5.69 Å². The van der Waals surface area contributed by atoms with Gasteiger partial charge in [-0.2, -0.15) is 0 Å². The molecule has 0 amide bonds. The van der Waals surface area contributed by atoms with Gasteiger partial charge in [-0.25, -0.2) is 14.4 Å². The fraction of sp³-hybridized carbons (Fsp3) is 0.167. The standard InChI is InChI=1S/C12H8BrClFN3O3/c1-6-2-10(14)17-11(16-6)5-21-12-8(13)3-7(15)4-9(12)18(19)20/h2-4H,5H2,1H3. The van der Waals surface area contributed by atoms with Gasteiger partial charge in [-0.3, -0.25) is 10.1 Å². The highest BCUT2D eigenvalue weighted by Crippen LogP contribution is 2.36. The number of nitro groups is 1. The Morgan fingerprint density at radius 3 is 2.76 bits per heavy atom. The maximum atomic E-state index is 13.2. The molecule has 9 heteroatoms. The van der Waals surface area contributed by atoms with Crippen molar-refractivity contribution in [3.05, 3.63) is 55.3 Å². The summed E-state index contributed by atoms with van der Waals surface area (Å²) in [7, 11) is 0. The third-order valence-electron chi connectivity index (χ3n) is 2.40. The monoisotopic (exact) mass is 375 g/mol. The zero-order valence-electron chi connectivity index (χ0n) is 10.6. The van der Waals surface area contributed by atoms with Gasteiger partial charge in [0.2, 0.25) is 5.75 Å². The molecule has 2 rings (SSSR count). The van der Waals surface area contributed by atoms with Gasteiger partial charge in [0.05, 0.1) is 15.5 Å². The summed E-state index contributed by atoms with van der Waals surface area (Å²) in [6.45, 7) is 1.60. The zero-order valence-corrected chi connectivity index (χ0v) is 13.0. The van der Waals surface area contributed by atoms with Crippen LogP contribution in [0.25, 0.3) is 0 Å². The smallest absolute Gasteiger partial charge is 0.315 e. The summed E-state index contributed by atoms with van der Waals surface area (Å²) in [5.74, 6) is -0.566. The third-order valence-corrected chi connectivity index (χ3v) is 3.18. The van der Waals surface area contributed by atoms with Crippen LogP contribution >= 0.6 is 27.5 Å². The number of aromatic nitrogens is 2. The normalized spacial score (nSPS) is 10.5. The summed E-state index contributed by atoms with van der Waals surface area (Å²) in [5.41, 5.74) is 0.155. The SMILES string of the molecule is Cc1cc(Cl)nc(COc2c(Br)cc(F)cc2[N+](=O)[O-])n1. The van der Waals surface area contributed by atoms with Gasteiger partial charge in [0.25, 0.3) is 0 Å². The number of benzene rings is 1. The van der Waals surface area contributed by atoms with E-state index < -0.39 is 16.4 Å². The van der Waals surface area contributed by atoms with E-state index in [1.807, 2.05) is 0 Å². The van der Waals surface area contributed by atoms with Crippen molar-refractivity contribution < 1.29 is 14.1 Å². The average Bonchev–Trinajstić information content (AvgIpc) is 2.35. The Hall–Kier alpha value is -1.80. The molecule has 0 radical (unpaired) electrons. The minimum Gasteiger partial charge on any atom is -0.478 e. The number of nitro benzene ring substituents is 1. The van der Waals surface area contributed by atoms with Crippen LogP contribution in [0.3, 0.4) is 0 Å². The molecule has 0 bridgehead atoms. The van der Waals surface area contributed by atoms with Gasteiger partial charge in [0.1, 0.15) is 17.6 Å². The van der Waals surface area contributed by atoms with Crippen molar-refractivity contribution in [1.29, 1.82) is 0 Å². The number of nitrogens with zero attached hydrogens (tertiary/aromatic N) is 3. The molecule has 0 unspecified atom stereocenters. The number of aryl methyl sites for hydroxylation is 1. The maximum Gasteiger partial charge on any atom is 0.315 e. The average molecular weight is 377 g/mol. The topological polar surface area (TPSA) is 78.2 Å². The fourth-order valence-corrected chi connectivity index (χ4v) is 2.41. The van der Waals surface area contributed by atoms with Crippen molar-refractivity contribution in [1.82, 2.24) is 9.97 Å². The van der Waals surface area contributed by atoms with Gasteiger partial charge in [-0.15, -0.1) is 0 Å². The molecule has 1 aromatic carbocycles. The lowest BCUT2D eigenvalue weighted by Crippen LogP contribution is -2.05. The van der Waals surface area contributed by atoms with Crippen LogP contribution < -0.4 is 4.74 Å². The summed E-state index contributed by atoms with van der Waals surface area (Å²) in [4.78, 5) is 18.2. The molecular weight excluding hydrogens is 369 g/mol. The summed E-state index contributed by atoms with van der Waals surface area (Å²) in [5, 5.41) is 11.2. The van der Waals surface area contributed by atoms with E-state index in [4.69, 9.17) is 16.3 Å². The molecule has 1 aromatic heterocycles. The first-order valence-corrected chi connectivity index (χ1v) is 6.80. The van der Waals surface area contributed by atoms with Crippen LogP contribution in [0.1, 0.15) is 11.5 Å². The molecule has 21 heavy (non-hydrogen) atoms. The first-order valence-electron chi connectivity index (χ1n) is 5.63. The number of hydrogen-bond acceptors (Lipinski definition) is 5. The van der Waals surface area contributed by atoms with Crippen molar-refractivity contribution in [2.75, 3.05) is 0 Å². The fourth-order valence-electron chi connectivity index (χ4n) is 1.62. The Labute approximate surface area is 132 Å². The lowest BCUT2D eigenvalue weighted by Gasteiger charge is -2.08. The van der Waals surface area contributed by atoms with Crippen LogP contribution in [0.4, 0.5) is 10.1 Å². The number of halogens is 3. The van der Waals surface area contributed by atoms with E-state index in [0.29, 0.717) is 5.69 Å². The molecule has 0 N–H and O–H groups in total. The van der Waals surface area contributed by atoms with Gasteiger partial charge in [-0.05, 0) is 35.0 Å². The quantitative estimate of drug-likeness (QED) is 0.460. The summed E-state index contributed by atoms with van der Waals surface area (Å²) < 4.78 is 18.7. The van der Waals surface area contributed by atoms with Crippen molar-refractivity contribution >= 4 is 33.2 Å². The Kier molecular flexibility index (Phi) is 4.69. The molecule has 2 aromatic rings. The Morgan fingerprint density at radius 2 is 2.14 bits per heavy atom. The number of hydrogen-bond donors (Lipinski definition) is 0. The van der Waals surface area contributed by atoms with Crippen molar-refractivity contribution in [3.8, 4) is 5.75 Å². The Bertz CT molecular complexity index is 694. The van der Waals surface area contributed by atoms with E-state index >= 15 is 0 Å². The molecule has 0 spiro atoms. The molecular formula is C12H8BrClFN3O3. The molecule has 1 heterocycles. The lowest BCUT2D eigenvalue weighted by atomic mass is 10.3. The second-order valence-corrected chi connectivity index (χ2v) is 5.27. The lowest BCUT2D eigenvalue weighted by molar-refractivity contribution is -0.386. The van der Waals surface area contributed by atoms with E-state index in [9.17, 15) is 14.5 Å². The molecule has 0 aliphatic heterocycles. The highest BCUT2D eigenvalue weighted by Gasteiger charge is 2.21. The number of ether oxygens (including phenoxy) is 1. The van der Waals surface area contributed by atoms with E-state index in [1.54, 1.807) is 13.0 Å². The van der Waals surface area contributed by atoms with Gasteiger partial charge in [0, 0.05) is 5.69 Å². The largest absolute Gasteiger partial charge is 0.478 e. The van der Waals surface area contributed by atoms with Crippen LogP contribution in [-0.4, -0.2) is 14.9 Å². The van der Waals surface area contributed by atoms with E-state index in [2.05, 4.69) is 25.9 Å². The summed E-state index contributed by atoms with van der Waals surface area (Å²) >= 11 is 8.82. The van der Waals surface area contributed by atoms with Crippen molar-refractivity contribution in [3.63, 3.8) is 0 Å². The molecule has 110 valence electrons. The van der Waals surface area contributed by atoms with Crippen LogP contribution in [0.2, 0.25) is 5.15 Å². The van der Waals surface area contributed by atoms with Crippen molar-refractivity contribution in [2.45, 2.75) is 13.5 Å². The highest BCUT2D eigenvalue weighted by molar-refractivity contribution is 9.10. The molecule has 6 nitrogen and oxygen atoms in total. The summed E-state index contributed by atoms with van der Waals surface area (Å²) in [6, 6.07) is 3.43. The Morgan fingerprint density at radius 1 is 1.43 bits per heavy atom. The van der Waals surface area contributed by atoms with Crippen molar-refractivity contribution in [2.24, 2.45) is 0 Å². The molecule has 0 saturated heterocycles. The van der Waals surface area contributed by atoms with Gasteiger partial charge in [-0.1, -0.05) is 11.6 Å². The third kappa shape index (κ3) is 3.85. The minimum absolute atomic E-state index is 0.0948. The molecule has 0 aliphatic carbocycles. The maximum absolute atomic E-state index is 13.2. The summed E-state index contributed by atoms with van der Waals surface area (Å²) in [6.07, 6.45) is 0. The predicted octanol–water partition coefficient (Wildman–Crippen LogP) is 3.83. The van der Waals surface area contributed by atoms with Crippen LogP contribution in [0, 0.1) is 22.9 Å². The zero-order chi connectivity index (χ0) is 15.6. The van der Waals surface area contributed by atoms with Crippen LogP contribution in [-0.2, 0) is 6.61 Å². The second-order valence-electron chi connectivity index (χ2n) is 4.03. The van der Waals surface area contributed by atoms with Gasteiger partial charge < -0.3 is 4.74 Å². The molecule has 0 aliphatic rings. The second kappa shape index (κ2) is 6.31. The van der Waals surface area contributed by atoms with E-state index in [-0.39, 0.29) is 27.8 Å². The highest BCUT2D eigenvalue weighted by atomic mass is 79.9. The molecule has 0 saturated carbocycles. The number of rotatable bonds is 4. The first kappa shape index (κ1) is 15.6. The van der Waals surface area contributed by atoms with Crippen LogP contribution in [0.5, 0.6) is 5.75 Å². The predicted molar refractivity (Wildman–Crippen MR) is 76.9 cm³/mol. The molecule has 0 fully saturated rings.